The zero-order valence-corrected chi connectivity index (χ0v) is 83.2. The lowest BCUT2D eigenvalue weighted by molar-refractivity contribution is -0.181. The molecule has 21 aliphatic rings. The Bertz CT molecular complexity index is 6580. The SMILES string of the molecule is [2H]C([2H])([2H])[C@]12CC[C@H]3[C@@H](CCC4=CC(=O)CC[C@@]43C([2H])([2H])[2H])[C@@H]1CC[C@@]2(OC(=O)CC)C([2H])([2H])[2H].[2H]C([2H])([2H])[C@]12CC[C@H]3[C@@H](CCC4=CC(=O)CC[C@@]43C([2H])([2H])[2H])[C@@H]1CC[C@@]2(OC(=O)CC)C([2H])([2H])[2H].[2H]C([2H])([2H])[C@]12CC[C@H]3[C@@H](CCC4=CC(=O)CC[C@@]43C([2H])([2H])[2H])[C@@H]1CC[C@@]2(OC(=O)CC)C([2H])([2H])[2H].[2H]C([2H])([2H])[C@]12CC[C@H]3[C@@H](CCC4=CC(=O)CC[C@@]43C([2H])([2H])[2H])[C@@H]1CC[C@@]2(OC(=O)CCC1CCCC1)C([2H])([2H])[2H].[2H]C([2H])([2H])[C@]12CC[C@H]3[C@@H](CCC4=CC(=O)CC[C@@]43C([2H])([2H])[2H])[C@@H]1CC[C@@]2(OC(=O)CCc1ccccc1)C([2H])([2H])[2H]. The fourth-order valence-corrected chi connectivity index (χ4v) is 34.0. The zero-order valence-electron chi connectivity index (χ0n) is 128. The molecule has 22 rings (SSSR count). The standard InChI is InChI=1S/C29H38O3.C28H42O3.3C23H34O3/c1-27-16-13-22(30)19-21(27)10-11-23-24(27)14-17-28(2)25(23)15-18-29(28,3)32-26(31)12-9-20-7-5-4-6-8-20;1-26-15-12-21(29)18-20(26)9-10-22-23(26)13-16-27(2)24(22)14-17-28(27,3)31-25(30)11-8-19-6-4-5-7-19;3*1-5-20(25)26-23(4)13-10-19-17-7-6-15-14-16(24)8-11-21(15,2)18(17)9-12-22(19,23)3/h4-8,19,23-25H,9-18H2,1-3H3;18-19,22-24H,4-17H2,1-3H3;3*14,17-19H,5-13H2,1-4H3/t23-,24+,25+,27+,28+,29+;22-,23+,24+,26+,27+,28+;3*17-,18+,19+,21+,22+,23+/m11111/s1/i2*1D3,2D3,3D3;3*2D3,3D3,4D3. The van der Waals surface area contributed by atoms with Crippen LogP contribution in [0.15, 0.2) is 88.6 Å². The Hall–Kier alpha value is -6.38. The molecule has 141 heavy (non-hydrogen) atoms. The second-order valence-corrected chi connectivity index (χ2v) is 47.6. The lowest BCUT2D eigenvalue weighted by Gasteiger charge is -2.59. The third-order valence-electron chi connectivity index (χ3n) is 41.5. The molecule has 0 bridgehead atoms. The Morgan fingerprint density at radius 3 is 0.745 bits per heavy atom. The normalized spacial score (nSPS) is 51.4. The first-order valence-corrected chi connectivity index (χ1v) is 54.3. The third kappa shape index (κ3) is 17.9. The highest BCUT2D eigenvalue weighted by atomic mass is 16.6. The maximum Gasteiger partial charge on any atom is 0.306 e. The minimum absolute atomic E-state index is 0.0529. The van der Waals surface area contributed by atoms with E-state index in [9.17, 15) is 47.9 Å². The summed E-state index contributed by atoms with van der Waals surface area (Å²) in [6, 6.07) is 9.25. The molecular weight excluding hydrogens is 1750 g/mol. The van der Waals surface area contributed by atoms with Gasteiger partial charge in [0.1, 0.15) is 28.0 Å². The van der Waals surface area contributed by atoms with Gasteiger partial charge in [0.25, 0.3) is 0 Å². The number of allylic oxidation sites excluding steroid dienone is 5. The summed E-state index contributed by atoms with van der Waals surface area (Å²) in [4.78, 5) is 125. The molecule has 16 saturated carbocycles. The van der Waals surface area contributed by atoms with E-state index in [0.717, 1.165) is 31.2 Å². The molecule has 0 saturated heterocycles. The molecule has 30 atom stereocenters. The number of rotatable bonds is 14. The molecule has 0 unspecified atom stereocenters. The van der Waals surface area contributed by atoms with Crippen molar-refractivity contribution < 1.29 is 133 Å². The van der Waals surface area contributed by atoms with E-state index in [1.54, 1.807) is 20.8 Å². The number of hydrogen-bond donors (Lipinski definition) is 0. The molecule has 15 heteroatoms. The highest BCUT2D eigenvalue weighted by Crippen LogP contribution is 2.76. The van der Waals surface area contributed by atoms with Crippen LogP contribution in [-0.2, 0) is 78.1 Å². The van der Waals surface area contributed by atoms with E-state index in [1.165, 1.54) is 30.4 Å². The summed E-state index contributed by atoms with van der Waals surface area (Å²) >= 11 is 0. The Labute approximate surface area is 911 Å². The molecule has 0 aromatic heterocycles. The van der Waals surface area contributed by atoms with Gasteiger partial charge in [0, 0.05) is 153 Å². The van der Waals surface area contributed by atoms with Crippen molar-refractivity contribution in [3.63, 3.8) is 0 Å². The molecule has 15 nitrogen and oxygen atoms in total. The van der Waals surface area contributed by atoms with Crippen molar-refractivity contribution in [3.8, 4) is 0 Å². The van der Waals surface area contributed by atoms with Crippen LogP contribution >= 0.6 is 0 Å². The average Bonchev–Trinajstić information content (AvgIpc) is 1.51. The predicted octanol–water partition coefficient (Wildman–Crippen LogP) is 28.9. The number of esters is 5. The minimum Gasteiger partial charge on any atom is -0.459 e. The van der Waals surface area contributed by atoms with Crippen LogP contribution in [-0.4, -0.2) is 86.8 Å². The summed E-state index contributed by atoms with van der Waals surface area (Å²) in [6.07, 6.45) is 19.8. The van der Waals surface area contributed by atoms with Crippen LogP contribution in [0.4, 0.5) is 0 Å². The molecule has 0 radical (unpaired) electrons. The van der Waals surface area contributed by atoms with Crippen molar-refractivity contribution in [2.75, 3.05) is 0 Å². The number of aryl methyl sites for hydroxylation is 1. The first-order chi connectivity index (χ1) is 85.5. The van der Waals surface area contributed by atoms with Gasteiger partial charge in [-0.15, -0.1) is 0 Å². The maximum absolute atomic E-state index is 13.3. The van der Waals surface area contributed by atoms with Gasteiger partial charge in [-0.3, -0.25) is 47.9 Å². The van der Waals surface area contributed by atoms with Gasteiger partial charge in [-0.05, 0) is 430 Å². The predicted molar refractivity (Wildman–Crippen MR) is 553 cm³/mol. The number of carbonyl (C=O) groups excluding carboxylic acids is 10. The average molecular weight is 1980 g/mol. The van der Waals surface area contributed by atoms with Crippen LogP contribution in [0.2, 0.25) is 0 Å². The molecule has 0 aliphatic heterocycles. The summed E-state index contributed by atoms with van der Waals surface area (Å²) in [6.45, 7) is -35.3. The van der Waals surface area contributed by atoms with Gasteiger partial charge in [-0.25, -0.2) is 0 Å². The Morgan fingerprint density at radius 2 is 0.511 bits per heavy atom. The number of benzene rings is 1. The lowest BCUT2D eigenvalue weighted by Crippen LogP contribution is -2.55. The van der Waals surface area contributed by atoms with Gasteiger partial charge in [0.15, 0.2) is 28.9 Å². The second kappa shape index (κ2) is 39.0. The summed E-state index contributed by atoms with van der Waals surface area (Å²) < 4.78 is 414. The van der Waals surface area contributed by atoms with Gasteiger partial charge >= 0.3 is 29.8 Å². The van der Waals surface area contributed by atoms with E-state index >= 15 is 0 Å². The fourth-order valence-electron chi connectivity index (χ4n) is 34.0. The topological polar surface area (TPSA) is 217 Å². The molecule has 16 fully saturated rings. The van der Waals surface area contributed by atoms with Gasteiger partial charge in [-0.2, -0.15) is 0 Å². The lowest BCUT2D eigenvalue weighted by atomic mass is 9.46. The molecule has 1 aromatic carbocycles. The first-order valence-electron chi connectivity index (χ1n) is 76.8. The van der Waals surface area contributed by atoms with Crippen LogP contribution in [0.3, 0.4) is 0 Å². The highest BCUT2D eigenvalue weighted by molar-refractivity contribution is 5.94. The number of carbonyl (C=O) groups is 10. The van der Waals surface area contributed by atoms with Crippen molar-refractivity contribution in [2.45, 2.75) is 479 Å². The quantitative estimate of drug-likeness (QED) is 0.125. The van der Waals surface area contributed by atoms with E-state index in [2.05, 4.69) is 0 Å². The summed E-state index contributed by atoms with van der Waals surface area (Å²) in [5.74, 6) is -10.5. The highest BCUT2D eigenvalue weighted by Gasteiger charge is 2.71. The molecule has 0 amide bonds. The smallest absolute Gasteiger partial charge is 0.306 e. The number of ketones is 5. The van der Waals surface area contributed by atoms with Gasteiger partial charge in [0.05, 0.1) is 0 Å². The molecule has 0 heterocycles. The largest absolute Gasteiger partial charge is 0.459 e. The number of ether oxygens (including phenoxy) is 5. The molecule has 0 N–H and O–H groups in total. The van der Waals surface area contributed by atoms with Gasteiger partial charge < -0.3 is 23.7 Å². The van der Waals surface area contributed by atoms with E-state index < -0.39 is 268 Å². The van der Waals surface area contributed by atoms with E-state index in [-0.39, 0.29) is 289 Å². The van der Waals surface area contributed by atoms with Crippen molar-refractivity contribution in [1.82, 2.24) is 0 Å². The monoisotopic (exact) mass is 1980 g/mol. The van der Waals surface area contributed by atoms with Crippen LogP contribution in [0.25, 0.3) is 0 Å². The molecule has 1 aromatic rings. The van der Waals surface area contributed by atoms with Crippen molar-refractivity contribution in [3.05, 3.63) is 94.1 Å². The van der Waals surface area contributed by atoms with E-state index in [4.69, 9.17) is 85.4 Å². The Kier molecular flexibility index (Phi) is 17.2. The molecule has 0 spiro atoms. The van der Waals surface area contributed by atoms with Crippen LogP contribution < -0.4 is 0 Å². The number of hydrogen-bond acceptors (Lipinski definition) is 15. The van der Waals surface area contributed by atoms with Crippen LogP contribution in [0.5, 0.6) is 0 Å². The van der Waals surface area contributed by atoms with Gasteiger partial charge in [0.2, 0.25) is 0 Å². The molecule has 776 valence electrons. The second-order valence-electron chi connectivity index (χ2n) is 47.6. The fraction of sp³-hybridized carbons (Fsp3) is 0.794. The number of fused-ring (bicyclic) bond motifs is 25. The summed E-state index contributed by atoms with van der Waals surface area (Å²) in [7, 11) is 0. The van der Waals surface area contributed by atoms with E-state index in [1.807, 2.05) is 30.3 Å². The summed E-state index contributed by atoms with van der Waals surface area (Å²) in [5, 5.41) is 0. The maximum atomic E-state index is 13.3. The van der Waals surface area contributed by atoms with Gasteiger partial charge in [-0.1, -0.05) is 173 Å². The van der Waals surface area contributed by atoms with E-state index in [0.29, 0.717) is 111 Å². The molecule has 21 aliphatic carbocycles. The minimum atomic E-state index is -2.90. The summed E-state index contributed by atoms with van der Waals surface area (Å²) in [5.41, 5.74) is -21.9. The molecular formula is C126H182O15. The van der Waals surface area contributed by atoms with Crippen LogP contribution in [0, 0.1) is 149 Å². The van der Waals surface area contributed by atoms with Crippen molar-refractivity contribution >= 4 is 58.8 Å². The third-order valence-corrected chi connectivity index (χ3v) is 41.5. The van der Waals surface area contributed by atoms with Crippen LogP contribution in [0.1, 0.15) is 512 Å². The Balaban J connectivity index is 0.000000146. The van der Waals surface area contributed by atoms with Crippen molar-refractivity contribution in [1.29, 1.82) is 0 Å². The first kappa shape index (κ1) is 62.2. The van der Waals surface area contributed by atoms with Crippen molar-refractivity contribution in [2.24, 2.45) is 149 Å². The zero-order chi connectivity index (χ0) is 138. The Morgan fingerprint density at radius 1 is 0.270 bits per heavy atom.